The maximum absolute atomic E-state index is 4.43. The van der Waals surface area contributed by atoms with Gasteiger partial charge in [-0.2, -0.15) is 0 Å². The van der Waals surface area contributed by atoms with E-state index in [0.717, 1.165) is 32.1 Å². The van der Waals surface area contributed by atoms with Gasteiger partial charge < -0.3 is 5.32 Å². The van der Waals surface area contributed by atoms with Gasteiger partial charge in [0.15, 0.2) is 5.01 Å². The molecular formula is C12H11N5S2. The van der Waals surface area contributed by atoms with Crippen molar-refractivity contribution in [2.45, 2.75) is 6.92 Å². The number of hydrogen-bond acceptors (Lipinski definition) is 7. The van der Waals surface area contributed by atoms with Gasteiger partial charge in [0, 0.05) is 30.7 Å². The summed E-state index contributed by atoms with van der Waals surface area (Å²) in [6.07, 6.45) is 5.38. The molecule has 0 amide bonds. The zero-order valence-corrected chi connectivity index (χ0v) is 11.8. The molecule has 0 atom stereocenters. The van der Waals surface area contributed by atoms with Crippen molar-refractivity contribution in [1.82, 2.24) is 20.2 Å². The van der Waals surface area contributed by atoms with Crippen LogP contribution in [0.15, 0.2) is 30.7 Å². The average molecular weight is 289 g/mol. The SMILES string of the molecule is CCNc1nnc(-c2cnc(-c3ccncc3)s2)s1. The molecule has 7 heteroatoms. The molecule has 3 heterocycles. The minimum Gasteiger partial charge on any atom is -0.360 e. The number of pyridine rings is 1. The summed E-state index contributed by atoms with van der Waals surface area (Å²) >= 11 is 3.16. The first-order chi connectivity index (χ1) is 9.36. The second kappa shape index (κ2) is 5.41. The largest absolute Gasteiger partial charge is 0.360 e. The third-order valence-electron chi connectivity index (χ3n) is 2.40. The van der Waals surface area contributed by atoms with Gasteiger partial charge in [0.1, 0.15) is 5.01 Å². The van der Waals surface area contributed by atoms with Crippen molar-refractivity contribution in [3.05, 3.63) is 30.7 Å². The number of thiazole rings is 1. The van der Waals surface area contributed by atoms with E-state index >= 15 is 0 Å². The molecule has 0 aromatic carbocycles. The maximum atomic E-state index is 4.43. The Bertz CT molecular complexity index is 662. The van der Waals surface area contributed by atoms with Crippen LogP contribution in [0.1, 0.15) is 6.92 Å². The van der Waals surface area contributed by atoms with Crippen molar-refractivity contribution in [1.29, 1.82) is 0 Å². The first-order valence-corrected chi connectivity index (χ1v) is 7.44. The van der Waals surface area contributed by atoms with Crippen molar-refractivity contribution in [2.75, 3.05) is 11.9 Å². The molecule has 0 radical (unpaired) electrons. The Kier molecular flexibility index (Phi) is 3.47. The lowest BCUT2D eigenvalue weighted by Gasteiger charge is -1.92. The Morgan fingerprint density at radius 2 is 1.95 bits per heavy atom. The highest BCUT2D eigenvalue weighted by Crippen LogP contribution is 2.34. The third-order valence-corrected chi connectivity index (χ3v) is 4.49. The van der Waals surface area contributed by atoms with Crippen LogP contribution in [0.4, 0.5) is 5.13 Å². The number of hydrogen-bond donors (Lipinski definition) is 1. The number of aromatic nitrogens is 4. The highest BCUT2D eigenvalue weighted by atomic mass is 32.1. The zero-order valence-electron chi connectivity index (χ0n) is 10.2. The summed E-state index contributed by atoms with van der Waals surface area (Å²) in [6.45, 7) is 2.88. The van der Waals surface area contributed by atoms with Crippen molar-refractivity contribution in [3.8, 4) is 20.5 Å². The second-order valence-corrected chi connectivity index (χ2v) is 5.72. The van der Waals surface area contributed by atoms with Gasteiger partial charge in [-0.05, 0) is 19.1 Å². The fourth-order valence-corrected chi connectivity index (χ4v) is 3.31. The fraction of sp³-hybridized carbons (Fsp3) is 0.167. The van der Waals surface area contributed by atoms with E-state index in [1.54, 1.807) is 35.1 Å². The van der Waals surface area contributed by atoms with Crippen LogP contribution in [0, 0.1) is 0 Å². The van der Waals surface area contributed by atoms with Gasteiger partial charge in [-0.1, -0.05) is 11.3 Å². The lowest BCUT2D eigenvalue weighted by Crippen LogP contribution is -1.94. The van der Waals surface area contributed by atoms with Crippen LogP contribution in [0.25, 0.3) is 20.5 Å². The quantitative estimate of drug-likeness (QED) is 0.799. The molecule has 0 saturated heterocycles. The summed E-state index contributed by atoms with van der Waals surface area (Å²) in [7, 11) is 0. The Balaban J connectivity index is 1.88. The minimum atomic E-state index is 0.844. The topological polar surface area (TPSA) is 63.6 Å². The Morgan fingerprint density at radius 3 is 2.74 bits per heavy atom. The molecule has 0 fully saturated rings. The van der Waals surface area contributed by atoms with Gasteiger partial charge in [-0.25, -0.2) is 4.98 Å². The van der Waals surface area contributed by atoms with Crippen molar-refractivity contribution < 1.29 is 0 Å². The molecule has 0 aliphatic rings. The van der Waals surface area contributed by atoms with Gasteiger partial charge in [-0.3, -0.25) is 4.98 Å². The van der Waals surface area contributed by atoms with Crippen LogP contribution in [0.2, 0.25) is 0 Å². The molecule has 3 aromatic rings. The van der Waals surface area contributed by atoms with Crippen LogP contribution in [0.5, 0.6) is 0 Å². The molecule has 19 heavy (non-hydrogen) atoms. The van der Waals surface area contributed by atoms with E-state index in [2.05, 4.69) is 25.5 Å². The molecule has 0 aliphatic carbocycles. The van der Waals surface area contributed by atoms with Crippen molar-refractivity contribution in [3.63, 3.8) is 0 Å². The summed E-state index contributed by atoms with van der Waals surface area (Å²) in [5.74, 6) is 0. The molecule has 1 N–H and O–H groups in total. The van der Waals surface area contributed by atoms with Crippen LogP contribution in [-0.4, -0.2) is 26.7 Å². The number of anilines is 1. The summed E-state index contributed by atoms with van der Waals surface area (Å²) in [4.78, 5) is 9.47. The van der Waals surface area contributed by atoms with Gasteiger partial charge in [0.2, 0.25) is 5.13 Å². The Labute approximate surface area is 118 Å². The van der Waals surface area contributed by atoms with Crippen molar-refractivity contribution in [2.24, 2.45) is 0 Å². The highest BCUT2D eigenvalue weighted by Gasteiger charge is 2.11. The Morgan fingerprint density at radius 1 is 1.11 bits per heavy atom. The predicted molar refractivity (Wildman–Crippen MR) is 78.4 cm³/mol. The molecule has 0 bridgehead atoms. The second-order valence-electron chi connectivity index (χ2n) is 3.71. The number of nitrogens with one attached hydrogen (secondary N) is 1. The monoisotopic (exact) mass is 289 g/mol. The summed E-state index contributed by atoms with van der Waals surface area (Å²) in [5, 5.41) is 14.1. The molecule has 3 rings (SSSR count). The van der Waals surface area contributed by atoms with Crippen molar-refractivity contribution >= 4 is 27.8 Å². The van der Waals surface area contributed by atoms with Crippen LogP contribution in [-0.2, 0) is 0 Å². The van der Waals surface area contributed by atoms with Crippen LogP contribution >= 0.6 is 22.7 Å². The lowest BCUT2D eigenvalue weighted by atomic mass is 10.3. The van der Waals surface area contributed by atoms with E-state index in [4.69, 9.17) is 0 Å². The average Bonchev–Trinajstić information content (AvgIpc) is 3.08. The smallest absolute Gasteiger partial charge is 0.206 e. The fourth-order valence-electron chi connectivity index (χ4n) is 1.55. The first kappa shape index (κ1) is 12.2. The Hall–Kier alpha value is -1.86. The molecule has 5 nitrogen and oxygen atoms in total. The molecule has 3 aromatic heterocycles. The summed E-state index contributed by atoms with van der Waals surface area (Å²) in [5.41, 5.74) is 1.07. The number of nitrogens with zero attached hydrogens (tertiary/aromatic N) is 4. The normalized spacial score (nSPS) is 10.6. The predicted octanol–water partition coefficient (Wildman–Crippen LogP) is 3.16. The molecular weight excluding hydrogens is 278 g/mol. The zero-order chi connectivity index (χ0) is 13.1. The standard InChI is InChI=1S/C12H11N5S2/c1-2-14-12-17-16-11(19-12)9-7-15-10(18-9)8-3-5-13-6-4-8/h3-7H,2H2,1H3,(H,14,17). The summed E-state index contributed by atoms with van der Waals surface area (Å²) in [6, 6.07) is 3.90. The molecule has 0 spiro atoms. The van der Waals surface area contributed by atoms with Gasteiger partial charge in [-0.15, -0.1) is 21.5 Å². The van der Waals surface area contributed by atoms with E-state index in [1.165, 1.54) is 0 Å². The maximum Gasteiger partial charge on any atom is 0.206 e. The van der Waals surface area contributed by atoms with E-state index in [1.807, 2.05) is 25.3 Å². The highest BCUT2D eigenvalue weighted by molar-refractivity contribution is 7.24. The van der Waals surface area contributed by atoms with E-state index in [-0.39, 0.29) is 0 Å². The van der Waals surface area contributed by atoms with E-state index in [9.17, 15) is 0 Å². The summed E-state index contributed by atoms with van der Waals surface area (Å²) < 4.78 is 0. The van der Waals surface area contributed by atoms with E-state index in [0.29, 0.717) is 0 Å². The minimum absolute atomic E-state index is 0.844. The lowest BCUT2D eigenvalue weighted by molar-refractivity contribution is 1.07. The molecule has 96 valence electrons. The van der Waals surface area contributed by atoms with Gasteiger partial charge in [0.05, 0.1) is 4.88 Å². The number of rotatable bonds is 4. The first-order valence-electron chi connectivity index (χ1n) is 5.81. The van der Waals surface area contributed by atoms with E-state index < -0.39 is 0 Å². The third kappa shape index (κ3) is 2.61. The molecule has 0 unspecified atom stereocenters. The van der Waals surface area contributed by atoms with Gasteiger partial charge >= 0.3 is 0 Å². The van der Waals surface area contributed by atoms with Gasteiger partial charge in [0.25, 0.3) is 0 Å². The molecule has 0 aliphatic heterocycles. The van der Waals surface area contributed by atoms with Crippen LogP contribution < -0.4 is 5.32 Å². The molecule has 0 saturated carbocycles. The van der Waals surface area contributed by atoms with Crippen LogP contribution in [0.3, 0.4) is 0 Å².